The van der Waals surface area contributed by atoms with Gasteiger partial charge in [-0.2, -0.15) is 0 Å². The van der Waals surface area contributed by atoms with Crippen molar-refractivity contribution in [3.63, 3.8) is 0 Å². The van der Waals surface area contributed by atoms with Gasteiger partial charge >= 0.3 is 0 Å². The fourth-order valence-electron chi connectivity index (χ4n) is 3.19. The minimum absolute atomic E-state index is 0.0770. The molecule has 1 aromatic carbocycles. The van der Waals surface area contributed by atoms with Gasteiger partial charge in [-0.1, -0.05) is 0 Å². The van der Waals surface area contributed by atoms with Crippen LogP contribution in [0.3, 0.4) is 0 Å². The average Bonchev–Trinajstić information content (AvgIpc) is 3.26. The van der Waals surface area contributed by atoms with Gasteiger partial charge in [0.25, 0.3) is 0 Å². The highest BCUT2D eigenvalue weighted by molar-refractivity contribution is 5.85. The zero-order valence-electron chi connectivity index (χ0n) is 17.3. The molecule has 0 aromatic heterocycles. The molecule has 0 atom stereocenters. The zero-order chi connectivity index (χ0) is 20.4. The Kier molecular flexibility index (Phi) is 8.71. The Morgan fingerprint density at radius 1 is 1.07 bits per heavy atom. The molecule has 1 heterocycles. The Labute approximate surface area is 167 Å². The molecule has 0 unspecified atom stereocenters. The largest absolute Gasteiger partial charge is 0.496 e. The first-order valence-corrected chi connectivity index (χ1v) is 9.71. The Morgan fingerprint density at radius 3 is 2.25 bits per heavy atom. The Morgan fingerprint density at radius 2 is 1.71 bits per heavy atom. The predicted molar refractivity (Wildman–Crippen MR) is 110 cm³/mol. The second-order valence-electron chi connectivity index (χ2n) is 6.47. The molecule has 1 amide bonds. The van der Waals surface area contributed by atoms with Crippen molar-refractivity contribution < 1.29 is 19.0 Å². The third kappa shape index (κ3) is 5.94. The van der Waals surface area contributed by atoms with Gasteiger partial charge in [-0.25, -0.2) is 4.99 Å². The number of carbonyl (C=O) groups is 1. The molecule has 0 aliphatic carbocycles. The van der Waals surface area contributed by atoms with E-state index in [0.29, 0.717) is 36.2 Å². The first-order valence-electron chi connectivity index (χ1n) is 9.71. The molecule has 28 heavy (non-hydrogen) atoms. The van der Waals surface area contributed by atoms with Crippen LogP contribution in [-0.2, 0) is 11.2 Å². The van der Waals surface area contributed by atoms with Crippen LogP contribution >= 0.6 is 0 Å². The fraction of sp³-hybridized carbons (Fsp3) is 0.600. The van der Waals surface area contributed by atoms with E-state index in [9.17, 15) is 4.79 Å². The highest BCUT2D eigenvalue weighted by Gasteiger charge is 2.17. The first kappa shape index (κ1) is 21.7. The number of nitrogens with one attached hydrogen (secondary N) is 2. The molecule has 1 aliphatic rings. The molecule has 2 rings (SSSR count). The van der Waals surface area contributed by atoms with E-state index >= 15 is 0 Å². The summed E-state index contributed by atoms with van der Waals surface area (Å²) < 4.78 is 16.3. The summed E-state index contributed by atoms with van der Waals surface area (Å²) in [5, 5.41) is 6.45. The molecule has 1 aromatic rings. The second-order valence-corrected chi connectivity index (χ2v) is 6.47. The number of likely N-dealkylation sites (tertiary alicyclic amines) is 1. The Balaban J connectivity index is 1.98. The summed E-state index contributed by atoms with van der Waals surface area (Å²) in [4.78, 5) is 18.5. The number of carbonyl (C=O) groups excluding carboxylic acids is 1. The minimum atomic E-state index is 0.0770. The molecule has 1 saturated heterocycles. The number of guanidine groups is 1. The lowest BCUT2D eigenvalue weighted by atomic mass is 10.1. The van der Waals surface area contributed by atoms with Crippen LogP contribution in [0.25, 0.3) is 0 Å². The number of methoxy groups -OCH3 is 3. The van der Waals surface area contributed by atoms with Crippen LogP contribution in [0.1, 0.15) is 25.3 Å². The van der Waals surface area contributed by atoms with Gasteiger partial charge in [-0.15, -0.1) is 0 Å². The normalized spacial score (nSPS) is 14.0. The Bertz CT molecular complexity index is 647. The van der Waals surface area contributed by atoms with Crippen LogP contribution in [0.4, 0.5) is 0 Å². The molecule has 1 aliphatic heterocycles. The number of amides is 1. The minimum Gasteiger partial charge on any atom is -0.496 e. The van der Waals surface area contributed by atoms with Gasteiger partial charge in [0.1, 0.15) is 23.8 Å². The van der Waals surface area contributed by atoms with E-state index in [2.05, 4.69) is 15.6 Å². The van der Waals surface area contributed by atoms with E-state index in [1.165, 1.54) is 0 Å². The lowest BCUT2D eigenvalue weighted by Gasteiger charge is -2.17. The van der Waals surface area contributed by atoms with Gasteiger partial charge in [0.2, 0.25) is 5.91 Å². The van der Waals surface area contributed by atoms with Gasteiger partial charge in [0.15, 0.2) is 5.96 Å². The van der Waals surface area contributed by atoms with Gasteiger partial charge in [0, 0.05) is 43.9 Å². The average molecular weight is 393 g/mol. The SMILES string of the molecule is CCNC(=NCC(=O)N1CCCC1)NCCc1c(OC)cc(OC)cc1OC. The molecule has 8 nitrogen and oxygen atoms in total. The van der Waals surface area contributed by atoms with Crippen LogP contribution in [-0.4, -0.2) is 70.8 Å². The molecule has 156 valence electrons. The van der Waals surface area contributed by atoms with Crippen LogP contribution in [0.2, 0.25) is 0 Å². The lowest BCUT2D eigenvalue weighted by molar-refractivity contribution is -0.128. The van der Waals surface area contributed by atoms with E-state index in [0.717, 1.165) is 38.0 Å². The van der Waals surface area contributed by atoms with E-state index in [1.807, 2.05) is 24.0 Å². The van der Waals surface area contributed by atoms with Crippen molar-refractivity contribution in [3.8, 4) is 17.2 Å². The van der Waals surface area contributed by atoms with Crippen LogP contribution < -0.4 is 24.8 Å². The highest BCUT2D eigenvalue weighted by atomic mass is 16.5. The number of ether oxygens (including phenoxy) is 3. The maximum atomic E-state index is 12.2. The number of hydrogen-bond donors (Lipinski definition) is 2. The fourth-order valence-corrected chi connectivity index (χ4v) is 3.19. The molecule has 0 spiro atoms. The second kappa shape index (κ2) is 11.3. The highest BCUT2D eigenvalue weighted by Crippen LogP contribution is 2.34. The van der Waals surface area contributed by atoms with E-state index < -0.39 is 0 Å². The molecule has 2 N–H and O–H groups in total. The van der Waals surface area contributed by atoms with Gasteiger partial charge < -0.3 is 29.7 Å². The summed E-state index contributed by atoms with van der Waals surface area (Å²) in [6, 6.07) is 3.68. The van der Waals surface area contributed by atoms with Gasteiger partial charge in [-0.3, -0.25) is 4.79 Å². The van der Waals surface area contributed by atoms with Crippen molar-refractivity contribution in [1.29, 1.82) is 0 Å². The smallest absolute Gasteiger partial charge is 0.244 e. The van der Waals surface area contributed by atoms with Crippen LogP contribution in [0.5, 0.6) is 17.2 Å². The number of benzene rings is 1. The van der Waals surface area contributed by atoms with E-state index in [4.69, 9.17) is 14.2 Å². The van der Waals surface area contributed by atoms with Crippen LogP contribution in [0, 0.1) is 0 Å². The third-order valence-corrected chi connectivity index (χ3v) is 4.66. The number of rotatable bonds is 9. The maximum Gasteiger partial charge on any atom is 0.244 e. The number of aliphatic imine (C=N–C) groups is 1. The summed E-state index contributed by atoms with van der Waals surface area (Å²) in [6.45, 7) is 5.17. The van der Waals surface area contributed by atoms with Gasteiger partial charge in [-0.05, 0) is 26.2 Å². The summed E-state index contributed by atoms with van der Waals surface area (Å²) in [7, 11) is 4.86. The van der Waals surface area contributed by atoms with E-state index in [-0.39, 0.29) is 12.5 Å². The summed E-state index contributed by atoms with van der Waals surface area (Å²) >= 11 is 0. The molecule has 8 heteroatoms. The monoisotopic (exact) mass is 392 g/mol. The Hall–Kier alpha value is -2.64. The number of hydrogen-bond acceptors (Lipinski definition) is 5. The molecular weight excluding hydrogens is 360 g/mol. The summed E-state index contributed by atoms with van der Waals surface area (Å²) in [5.41, 5.74) is 0.947. The van der Waals surface area contributed by atoms with Crippen molar-refractivity contribution in [2.45, 2.75) is 26.2 Å². The number of nitrogens with zero attached hydrogens (tertiary/aromatic N) is 2. The van der Waals surface area contributed by atoms with Crippen molar-refractivity contribution in [1.82, 2.24) is 15.5 Å². The quantitative estimate of drug-likeness (QED) is 0.489. The third-order valence-electron chi connectivity index (χ3n) is 4.66. The molecule has 1 fully saturated rings. The first-order chi connectivity index (χ1) is 13.6. The maximum absolute atomic E-state index is 12.2. The van der Waals surface area contributed by atoms with Crippen molar-refractivity contribution in [2.75, 3.05) is 54.1 Å². The van der Waals surface area contributed by atoms with Crippen LogP contribution in [0.15, 0.2) is 17.1 Å². The summed E-state index contributed by atoms with van der Waals surface area (Å²) in [6.07, 6.45) is 2.83. The molecular formula is C20H32N4O4. The van der Waals surface area contributed by atoms with E-state index in [1.54, 1.807) is 21.3 Å². The van der Waals surface area contributed by atoms with Gasteiger partial charge in [0.05, 0.1) is 21.3 Å². The molecule has 0 saturated carbocycles. The topological polar surface area (TPSA) is 84.4 Å². The van der Waals surface area contributed by atoms with Crippen molar-refractivity contribution in [3.05, 3.63) is 17.7 Å². The van der Waals surface area contributed by atoms with Crippen molar-refractivity contribution in [2.24, 2.45) is 4.99 Å². The predicted octanol–water partition coefficient (Wildman–Crippen LogP) is 1.43. The zero-order valence-corrected chi connectivity index (χ0v) is 17.3. The molecule has 0 bridgehead atoms. The van der Waals surface area contributed by atoms with Crippen molar-refractivity contribution >= 4 is 11.9 Å². The lowest BCUT2D eigenvalue weighted by Crippen LogP contribution is -2.39. The molecule has 0 radical (unpaired) electrons. The summed E-state index contributed by atoms with van der Waals surface area (Å²) in [5.74, 6) is 2.81. The standard InChI is InChI=1S/C20H32N4O4/c1-5-21-20(23-14-19(25)24-10-6-7-11-24)22-9-8-16-17(27-3)12-15(26-2)13-18(16)28-4/h12-13H,5-11,14H2,1-4H3,(H2,21,22,23).